The number of hydrogen-bond donors (Lipinski definition) is 2. The van der Waals surface area contributed by atoms with Crippen molar-refractivity contribution >= 4 is 30.1 Å². The number of carbonyl (C=O) groups is 1. The third-order valence-electron chi connectivity index (χ3n) is 5.30. The van der Waals surface area contributed by atoms with Gasteiger partial charge in [-0.25, -0.2) is 0 Å². The molecule has 2 aliphatic rings. The Morgan fingerprint density at radius 2 is 2.20 bits per heavy atom. The molecule has 2 N–H and O–H groups in total. The molecule has 1 aliphatic carbocycles. The first-order chi connectivity index (χ1) is 11.7. The van der Waals surface area contributed by atoms with E-state index in [1.165, 1.54) is 18.4 Å². The molecule has 1 atom stereocenters. The Kier molecular flexibility index (Phi) is 7.91. The second kappa shape index (κ2) is 9.70. The lowest BCUT2D eigenvalue weighted by molar-refractivity contribution is -0.121. The van der Waals surface area contributed by atoms with E-state index in [0.717, 1.165) is 43.2 Å². The number of benzene rings is 1. The fourth-order valence-corrected chi connectivity index (χ4v) is 4.84. The average Bonchev–Trinajstić information content (AvgIpc) is 3.11. The second-order valence-corrected chi connectivity index (χ2v) is 8.08. The second-order valence-electron chi connectivity index (χ2n) is 6.93. The third kappa shape index (κ3) is 5.28. The van der Waals surface area contributed by atoms with Crippen molar-refractivity contribution in [3.63, 3.8) is 0 Å². The highest BCUT2D eigenvalue weighted by molar-refractivity contribution is 7.99. The van der Waals surface area contributed by atoms with Crippen LogP contribution in [0.15, 0.2) is 24.3 Å². The van der Waals surface area contributed by atoms with Crippen molar-refractivity contribution in [3.8, 4) is 5.75 Å². The van der Waals surface area contributed by atoms with Crippen molar-refractivity contribution in [1.29, 1.82) is 0 Å². The summed E-state index contributed by atoms with van der Waals surface area (Å²) in [6.45, 7) is 1.75. The van der Waals surface area contributed by atoms with Gasteiger partial charge in [-0.3, -0.25) is 4.79 Å². The van der Waals surface area contributed by atoms with Gasteiger partial charge in [0, 0.05) is 42.5 Å². The number of ether oxygens (including phenoxy) is 1. The van der Waals surface area contributed by atoms with Gasteiger partial charge in [0.2, 0.25) is 5.91 Å². The van der Waals surface area contributed by atoms with Crippen LogP contribution in [0.1, 0.15) is 37.7 Å². The molecule has 1 saturated heterocycles. The summed E-state index contributed by atoms with van der Waals surface area (Å²) in [7, 11) is 1.71. The molecule has 2 fully saturated rings. The maximum Gasteiger partial charge on any atom is 0.221 e. The highest BCUT2D eigenvalue weighted by Crippen LogP contribution is 2.41. The maximum absolute atomic E-state index is 12.4. The van der Waals surface area contributed by atoms with Crippen molar-refractivity contribution in [2.24, 2.45) is 0 Å². The highest BCUT2D eigenvalue weighted by Gasteiger charge is 2.36. The number of carbonyl (C=O) groups excluding carboxylic acids is 1. The van der Waals surface area contributed by atoms with Gasteiger partial charge in [-0.15, -0.1) is 12.4 Å². The van der Waals surface area contributed by atoms with Crippen LogP contribution in [0.4, 0.5) is 0 Å². The van der Waals surface area contributed by atoms with E-state index in [1.54, 1.807) is 7.11 Å². The molecule has 1 saturated carbocycles. The zero-order valence-electron chi connectivity index (χ0n) is 14.9. The largest absolute Gasteiger partial charge is 0.497 e. The first-order valence-corrected chi connectivity index (χ1v) is 10.1. The molecule has 1 amide bonds. The summed E-state index contributed by atoms with van der Waals surface area (Å²) in [5.74, 6) is 3.25. The van der Waals surface area contributed by atoms with Crippen LogP contribution in [-0.2, 0) is 10.2 Å². The summed E-state index contributed by atoms with van der Waals surface area (Å²) in [4.78, 5) is 12.4. The molecule has 1 heterocycles. The summed E-state index contributed by atoms with van der Waals surface area (Å²) >= 11 is 1.93. The van der Waals surface area contributed by atoms with Gasteiger partial charge in [0.15, 0.2) is 0 Å². The topological polar surface area (TPSA) is 50.4 Å². The van der Waals surface area contributed by atoms with Crippen LogP contribution in [0, 0.1) is 0 Å². The van der Waals surface area contributed by atoms with Crippen molar-refractivity contribution in [1.82, 2.24) is 10.6 Å². The Labute approximate surface area is 161 Å². The van der Waals surface area contributed by atoms with E-state index < -0.39 is 0 Å². The van der Waals surface area contributed by atoms with Crippen molar-refractivity contribution in [2.75, 3.05) is 31.7 Å². The number of thioether (sulfide) groups is 1. The van der Waals surface area contributed by atoms with E-state index >= 15 is 0 Å². The SMILES string of the molecule is COc1cccc(C2(CNC(=O)CC3CSCCN3)CCCC2)c1.Cl. The van der Waals surface area contributed by atoms with Crippen LogP contribution in [-0.4, -0.2) is 43.7 Å². The Bertz CT molecular complexity index is 558. The van der Waals surface area contributed by atoms with Crippen molar-refractivity contribution < 1.29 is 9.53 Å². The van der Waals surface area contributed by atoms with E-state index in [2.05, 4.69) is 28.8 Å². The van der Waals surface area contributed by atoms with Gasteiger partial charge in [-0.2, -0.15) is 11.8 Å². The Balaban J connectivity index is 0.00000225. The van der Waals surface area contributed by atoms with E-state index in [1.807, 2.05) is 17.8 Å². The van der Waals surface area contributed by atoms with Gasteiger partial charge in [0.1, 0.15) is 5.75 Å². The molecule has 0 aromatic heterocycles. The zero-order chi connectivity index (χ0) is 16.8. The van der Waals surface area contributed by atoms with Crippen LogP contribution < -0.4 is 15.4 Å². The van der Waals surface area contributed by atoms with Gasteiger partial charge in [-0.05, 0) is 30.5 Å². The Morgan fingerprint density at radius 1 is 1.40 bits per heavy atom. The molecule has 1 unspecified atom stereocenters. The Morgan fingerprint density at radius 3 is 2.88 bits per heavy atom. The lowest BCUT2D eigenvalue weighted by Crippen LogP contribution is -2.44. The molecule has 3 rings (SSSR count). The molecule has 6 heteroatoms. The summed E-state index contributed by atoms with van der Waals surface area (Å²) in [5, 5.41) is 6.66. The maximum atomic E-state index is 12.4. The number of amides is 1. The fraction of sp³-hybridized carbons (Fsp3) is 0.632. The molecule has 140 valence electrons. The standard InChI is InChI=1S/C19H28N2O2S.ClH/c1-23-17-6-4-5-15(11-17)19(7-2-3-8-19)14-21-18(22)12-16-13-24-10-9-20-16;/h4-6,11,16,20H,2-3,7-10,12-14H2,1H3,(H,21,22);1H. The predicted octanol–water partition coefficient (Wildman–Crippen LogP) is 3.14. The number of nitrogens with one attached hydrogen (secondary N) is 2. The van der Waals surface area contributed by atoms with Crippen LogP contribution in [0.2, 0.25) is 0 Å². The quantitative estimate of drug-likeness (QED) is 0.791. The lowest BCUT2D eigenvalue weighted by Gasteiger charge is -2.31. The number of methoxy groups -OCH3 is 1. The van der Waals surface area contributed by atoms with E-state index in [4.69, 9.17) is 4.74 Å². The summed E-state index contributed by atoms with van der Waals surface area (Å²) in [6, 6.07) is 8.67. The van der Waals surface area contributed by atoms with E-state index in [-0.39, 0.29) is 23.7 Å². The van der Waals surface area contributed by atoms with Crippen molar-refractivity contribution in [2.45, 2.75) is 43.6 Å². The molecular formula is C19H29ClN2O2S. The number of halogens is 1. The van der Waals surface area contributed by atoms with Crippen LogP contribution in [0.3, 0.4) is 0 Å². The molecule has 1 aliphatic heterocycles. The molecule has 25 heavy (non-hydrogen) atoms. The zero-order valence-corrected chi connectivity index (χ0v) is 16.5. The van der Waals surface area contributed by atoms with Gasteiger partial charge in [0.25, 0.3) is 0 Å². The minimum Gasteiger partial charge on any atom is -0.497 e. The minimum atomic E-state index is 0. The number of hydrogen-bond acceptors (Lipinski definition) is 4. The summed E-state index contributed by atoms with van der Waals surface area (Å²) in [5.41, 5.74) is 1.37. The first kappa shape index (κ1) is 20.4. The van der Waals surface area contributed by atoms with Crippen LogP contribution in [0.25, 0.3) is 0 Å². The van der Waals surface area contributed by atoms with Gasteiger partial charge < -0.3 is 15.4 Å². The monoisotopic (exact) mass is 384 g/mol. The minimum absolute atomic E-state index is 0. The molecule has 0 bridgehead atoms. The number of rotatable bonds is 6. The Hall–Kier alpha value is -0.910. The third-order valence-corrected chi connectivity index (χ3v) is 6.43. The first-order valence-electron chi connectivity index (χ1n) is 8.94. The van der Waals surface area contributed by atoms with E-state index in [9.17, 15) is 4.79 Å². The molecule has 0 radical (unpaired) electrons. The summed E-state index contributed by atoms with van der Waals surface area (Å²) in [6.07, 6.45) is 5.32. The fourth-order valence-electron chi connectivity index (χ4n) is 3.89. The summed E-state index contributed by atoms with van der Waals surface area (Å²) < 4.78 is 5.39. The predicted molar refractivity (Wildman–Crippen MR) is 107 cm³/mol. The average molecular weight is 385 g/mol. The highest BCUT2D eigenvalue weighted by atomic mass is 35.5. The normalized spacial score (nSPS) is 22.0. The van der Waals surface area contributed by atoms with Gasteiger partial charge in [-0.1, -0.05) is 25.0 Å². The molecule has 1 aromatic carbocycles. The van der Waals surface area contributed by atoms with Gasteiger partial charge >= 0.3 is 0 Å². The van der Waals surface area contributed by atoms with E-state index in [0.29, 0.717) is 12.5 Å². The van der Waals surface area contributed by atoms with Gasteiger partial charge in [0.05, 0.1) is 7.11 Å². The molecule has 1 aromatic rings. The van der Waals surface area contributed by atoms with Crippen LogP contribution >= 0.6 is 24.2 Å². The lowest BCUT2D eigenvalue weighted by atomic mass is 9.78. The molecule has 4 nitrogen and oxygen atoms in total. The molecule has 0 spiro atoms. The molecular weight excluding hydrogens is 356 g/mol. The van der Waals surface area contributed by atoms with Crippen LogP contribution in [0.5, 0.6) is 5.75 Å². The van der Waals surface area contributed by atoms with Crippen molar-refractivity contribution in [3.05, 3.63) is 29.8 Å². The smallest absolute Gasteiger partial charge is 0.221 e.